The summed E-state index contributed by atoms with van der Waals surface area (Å²) in [6.07, 6.45) is 3.64. The Bertz CT molecular complexity index is 365. The van der Waals surface area contributed by atoms with Crippen molar-refractivity contribution in [1.29, 1.82) is 0 Å². The van der Waals surface area contributed by atoms with E-state index in [9.17, 15) is 0 Å². The summed E-state index contributed by atoms with van der Waals surface area (Å²) >= 11 is 0. The van der Waals surface area contributed by atoms with Crippen LogP contribution in [0.1, 0.15) is 37.8 Å². The van der Waals surface area contributed by atoms with Crippen molar-refractivity contribution in [2.45, 2.75) is 45.7 Å². The molecule has 0 saturated carbocycles. The van der Waals surface area contributed by atoms with Crippen molar-refractivity contribution in [2.24, 2.45) is 11.7 Å². The van der Waals surface area contributed by atoms with Crippen LogP contribution in [0.15, 0.2) is 24.3 Å². The Hall–Kier alpha value is -0.860. The van der Waals surface area contributed by atoms with Crippen LogP contribution in [0.2, 0.25) is 0 Å². The third-order valence-electron chi connectivity index (χ3n) is 4.27. The van der Waals surface area contributed by atoms with E-state index in [0.29, 0.717) is 6.04 Å². The topological polar surface area (TPSA) is 29.3 Å². The van der Waals surface area contributed by atoms with Gasteiger partial charge in [0, 0.05) is 12.6 Å². The van der Waals surface area contributed by atoms with Gasteiger partial charge in [0.1, 0.15) is 0 Å². The standard InChI is InChI=1S/C16H26N2/c1-3-14-6-4-5-7-16(14)12-18-10-8-15(9-11-18)13(2)17/h4-7,13,15H,3,8-12,17H2,1-2H3. The van der Waals surface area contributed by atoms with Gasteiger partial charge >= 0.3 is 0 Å². The molecule has 0 spiro atoms. The van der Waals surface area contributed by atoms with E-state index in [4.69, 9.17) is 5.73 Å². The van der Waals surface area contributed by atoms with Crippen molar-refractivity contribution in [3.8, 4) is 0 Å². The summed E-state index contributed by atoms with van der Waals surface area (Å²) in [6, 6.07) is 9.18. The second-order valence-electron chi connectivity index (χ2n) is 5.59. The number of hydrogen-bond acceptors (Lipinski definition) is 2. The van der Waals surface area contributed by atoms with Crippen molar-refractivity contribution in [1.82, 2.24) is 4.90 Å². The van der Waals surface area contributed by atoms with Gasteiger partial charge in [-0.2, -0.15) is 0 Å². The van der Waals surface area contributed by atoms with Crippen LogP contribution in [0.3, 0.4) is 0 Å². The maximum Gasteiger partial charge on any atom is 0.0236 e. The average Bonchev–Trinajstić information content (AvgIpc) is 2.40. The smallest absolute Gasteiger partial charge is 0.0236 e. The molecule has 100 valence electrons. The van der Waals surface area contributed by atoms with E-state index >= 15 is 0 Å². The Balaban J connectivity index is 1.91. The van der Waals surface area contributed by atoms with Gasteiger partial charge in [-0.3, -0.25) is 4.90 Å². The molecule has 1 unspecified atom stereocenters. The molecule has 1 aliphatic rings. The zero-order chi connectivity index (χ0) is 13.0. The lowest BCUT2D eigenvalue weighted by Gasteiger charge is -2.34. The molecule has 2 N–H and O–H groups in total. The van der Waals surface area contributed by atoms with Crippen LogP contribution in [-0.4, -0.2) is 24.0 Å². The summed E-state index contributed by atoms with van der Waals surface area (Å²) in [7, 11) is 0. The van der Waals surface area contributed by atoms with Gasteiger partial charge in [-0.05, 0) is 56.3 Å². The molecule has 1 aromatic rings. The van der Waals surface area contributed by atoms with Crippen LogP contribution in [-0.2, 0) is 13.0 Å². The largest absolute Gasteiger partial charge is 0.328 e. The molecule has 0 amide bonds. The number of nitrogens with zero attached hydrogens (tertiary/aromatic N) is 1. The van der Waals surface area contributed by atoms with Gasteiger partial charge in [0.25, 0.3) is 0 Å². The lowest BCUT2D eigenvalue weighted by Crippen LogP contribution is -2.39. The first-order valence-corrected chi connectivity index (χ1v) is 7.25. The molecule has 1 aromatic carbocycles. The van der Waals surface area contributed by atoms with Gasteiger partial charge in [0.2, 0.25) is 0 Å². The van der Waals surface area contributed by atoms with E-state index in [1.54, 1.807) is 0 Å². The maximum absolute atomic E-state index is 5.99. The van der Waals surface area contributed by atoms with E-state index < -0.39 is 0 Å². The van der Waals surface area contributed by atoms with Crippen LogP contribution in [0.25, 0.3) is 0 Å². The summed E-state index contributed by atoms with van der Waals surface area (Å²) in [5.41, 5.74) is 8.98. The van der Waals surface area contributed by atoms with Crippen molar-refractivity contribution in [2.75, 3.05) is 13.1 Å². The molecule has 1 aliphatic heterocycles. The van der Waals surface area contributed by atoms with Crippen LogP contribution in [0, 0.1) is 5.92 Å². The minimum absolute atomic E-state index is 0.357. The predicted octanol–water partition coefficient (Wildman–Crippen LogP) is 2.81. The molecule has 1 heterocycles. The fourth-order valence-corrected chi connectivity index (χ4v) is 2.93. The highest BCUT2D eigenvalue weighted by Crippen LogP contribution is 2.22. The molecule has 1 fully saturated rings. The minimum Gasteiger partial charge on any atom is -0.328 e. The number of aryl methyl sites for hydroxylation is 1. The van der Waals surface area contributed by atoms with Crippen molar-refractivity contribution in [3.63, 3.8) is 0 Å². The van der Waals surface area contributed by atoms with E-state index in [0.717, 1.165) is 18.9 Å². The lowest BCUT2D eigenvalue weighted by molar-refractivity contribution is 0.165. The number of rotatable bonds is 4. The van der Waals surface area contributed by atoms with Gasteiger partial charge < -0.3 is 5.73 Å². The first-order valence-electron chi connectivity index (χ1n) is 7.25. The molecule has 2 nitrogen and oxygen atoms in total. The van der Waals surface area contributed by atoms with Gasteiger partial charge in [-0.1, -0.05) is 31.2 Å². The van der Waals surface area contributed by atoms with Gasteiger partial charge in [-0.15, -0.1) is 0 Å². The minimum atomic E-state index is 0.357. The molecule has 2 heteroatoms. The Morgan fingerprint density at radius 3 is 2.39 bits per heavy atom. The number of benzene rings is 1. The zero-order valence-corrected chi connectivity index (χ0v) is 11.7. The fourth-order valence-electron chi connectivity index (χ4n) is 2.93. The Kier molecular flexibility index (Phi) is 4.79. The molecule has 1 saturated heterocycles. The Morgan fingerprint density at radius 2 is 1.83 bits per heavy atom. The SMILES string of the molecule is CCc1ccccc1CN1CCC(C(C)N)CC1. The van der Waals surface area contributed by atoms with Crippen LogP contribution in [0.4, 0.5) is 0 Å². The molecule has 18 heavy (non-hydrogen) atoms. The van der Waals surface area contributed by atoms with Crippen molar-refractivity contribution in [3.05, 3.63) is 35.4 Å². The van der Waals surface area contributed by atoms with Crippen LogP contribution < -0.4 is 5.73 Å². The zero-order valence-electron chi connectivity index (χ0n) is 11.7. The molecule has 0 aliphatic carbocycles. The fraction of sp³-hybridized carbons (Fsp3) is 0.625. The normalized spacial score (nSPS) is 19.9. The third-order valence-corrected chi connectivity index (χ3v) is 4.27. The molecule has 0 aromatic heterocycles. The molecular weight excluding hydrogens is 220 g/mol. The number of piperidine rings is 1. The lowest BCUT2D eigenvalue weighted by atomic mass is 9.90. The second kappa shape index (κ2) is 6.35. The maximum atomic E-state index is 5.99. The van der Waals surface area contributed by atoms with Gasteiger partial charge in [0.15, 0.2) is 0 Å². The Morgan fingerprint density at radius 1 is 1.22 bits per heavy atom. The van der Waals surface area contributed by atoms with E-state index in [1.807, 2.05) is 0 Å². The Labute approximate surface area is 111 Å². The summed E-state index contributed by atoms with van der Waals surface area (Å²) in [5.74, 6) is 0.725. The van der Waals surface area contributed by atoms with Crippen molar-refractivity contribution >= 4 is 0 Å². The van der Waals surface area contributed by atoms with Gasteiger partial charge in [0.05, 0.1) is 0 Å². The summed E-state index contributed by atoms with van der Waals surface area (Å²) in [5, 5.41) is 0. The highest BCUT2D eigenvalue weighted by molar-refractivity contribution is 5.26. The number of likely N-dealkylation sites (tertiary alicyclic amines) is 1. The third kappa shape index (κ3) is 3.33. The number of hydrogen-bond donors (Lipinski definition) is 1. The first-order chi connectivity index (χ1) is 8.70. The predicted molar refractivity (Wildman–Crippen MR) is 77.5 cm³/mol. The highest BCUT2D eigenvalue weighted by Gasteiger charge is 2.21. The van der Waals surface area contributed by atoms with E-state index in [2.05, 4.69) is 43.0 Å². The molecule has 1 atom stereocenters. The van der Waals surface area contributed by atoms with Gasteiger partial charge in [-0.25, -0.2) is 0 Å². The second-order valence-corrected chi connectivity index (χ2v) is 5.59. The van der Waals surface area contributed by atoms with Crippen LogP contribution >= 0.6 is 0 Å². The quantitative estimate of drug-likeness (QED) is 0.885. The molecule has 0 radical (unpaired) electrons. The number of nitrogens with two attached hydrogens (primary N) is 1. The van der Waals surface area contributed by atoms with Crippen molar-refractivity contribution < 1.29 is 0 Å². The molecule has 0 bridgehead atoms. The van der Waals surface area contributed by atoms with Crippen LogP contribution in [0.5, 0.6) is 0 Å². The van der Waals surface area contributed by atoms with E-state index in [-0.39, 0.29) is 0 Å². The molecular formula is C16H26N2. The monoisotopic (exact) mass is 246 g/mol. The first kappa shape index (κ1) is 13.6. The van der Waals surface area contributed by atoms with E-state index in [1.165, 1.54) is 37.1 Å². The summed E-state index contributed by atoms with van der Waals surface area (Å²) in [4.78, 5) is 2.58. The molecule has 2 rings (SSSR count). The summed E-state index contributed by atoms with van der Waals surface area (Å²) in [6.45, 7) is 7.89. The highest BCUT2D eigenvalue weighted by atomic mass is 15.1. The average molecular weight is 246 g/mol. The summed E-state index contributed by atoms with van der Waals surface area (Å²) < 4.78 is 0.